The Kier molecular flexibility index (Phi) is 3.70. The molecule has 0 fully saturated rings. The molecule has 0 radical (unpaired) electrons. The summed E-state index contributed by atoms with van der Waals surface area (Å²) in [7, 11) is 1.84. The van der Waals surface area contributed by atoms with E-state index in [4.69, 9.17) is 10.2 Å². The molecule has 1 aliphatic rings. The number of carboxylic acid groups (broad SMARTS) is 2. The minimum atomic E-state index is -1.46. The Labute approximate surface area is 115 Å². The second kappa shape index (κ2) is 5.44. The quantitative estimate of drug-likeness (QED) is 0.500. The average molecular weight is 271 g/mol. The van der Waals surface area contributed by atoms with Crippen LogP contribution in [0.4, 0.5) is 5.69 Å². The van der Waals surface area contributed by atoms with Crippen molar-refractivity contribution in [3.05, 3.63) is 59.3 Å². The fourth-order valence-corrected chi connectivity index (χ4v) is 1.93. The van der Waals surface area contributed by atoms with Crippen molar-refractivity contribution >= 4 is 23.7 Å². The number of para-hydroxylation sites is 1. The fraction of sp³-hybridized carbons (Fsp3) is 0.0667. The normalized spacial score (nSPS) is 14.8. The summed E-state index contributed by atoms with van der Waals surface area (Å²) in [4.78, 5) is 23.4. The first-order valence-corrected chi connectivity index (χ1v) is 5.90. The van der Waals surface area contributed by atoms with Crippen molar-refractivity contribution in [2.75, 3.05) is 11.9 Å². The summed E-state index contributed by atoms with van der Waals surface area (Å²) in [6.07, 6.45) is 6.27. The average Bonchev–Trinajstić information content (AvgIpc) is 2.41. The smallest absolute Gasteiger partial charge is 0.343 e. The zero-order chi connectivity index (χ0) is 14.7. The molecule has 102 valence electrons. The Morgan fingerprint density at radius 3 is 2.40 bits per heavy atom. The van der Waals surface area contributed by atoms with Crippen molar-refractivity contribution in [1.29, 1.82) is 0 Å². The van der Waals surface area contributed by atoms with Crippen LogP contribution in [0.25, 0.3) is 6.08 Å². The molecule has 0 saturated carbocycles. The van der Waals surface area contributed by atoms with E-state index in [-0.39, 0.29) is 0 Å². The molecule has 0 unspecified atom stereocenters. The predicted molar refractivity (Wildman–Crippen MR) is 75.3 cm³/mol. The summed E-state index contributed by atoms with van der Waals surface area (Å²) >= 11 is 0. The molecule has 5 nitrogen and oxygen atoms in total. The molecular weight excluding hydrogens is 258 g/mol. The van der Waals surface area contributed by atoms with Crippen LogP contribution in [-0.2, 0) is 9.59 Å². The Balaban J connectivity index is 2.37. The molecular formula is C15H13NO4. The van der Waals surface area contributed by atoms with Gasteiger partial charge in [0.25, 0.3) is 0 Å². The van der Waals surface area contributed by atoms with E-state index in [1.807, 2.05) is 42.3 Å². The van der Waals surface area contributed by atoms with Gasteiger partial charge in [0, 0.05) is 18.4 Å². The number of benzene rings is 1. The van der Waals surface area contributed by atoms with E-state index in [2.05, 4.69) is 0 Å². The van der Waals surface area contributed by atoms with E-state index in [9.17, 15) is 9.59 Å². The molecule has 0 bridgehead atoms. The monoisotopic (exact) mass is 271 g/mol. The summed E-state index contributed by atoms with van der Waals surface area (Å²) in [6, 6.07) is 7.74. The standard InChI is InChI=1S/C15H13NO4/c1-16-11(8-9-12(14(17)18)15(19)20)7-6-10-4-2-3-5-13(10)16/h2-9H,1H3,(H,17,18)(H,19,20). The second-order valence-electron chi connectivity index (χ2n) is 4.23. The molecule has 1 aromatic carbocycles. The van der Waals surface area contributed by atoms with Crippen LogP contribution in [0.15, 0.2) is 53.8 Å². The number of rotatable bonds is 3. The van der Waals surface area contributed by atoms with E-state index in [0.29, 0.717) is 5.70 Å². The van der Waals surface area contributed by atoms with Crippen LogP contribution >= 0.6 is 0 Å². The van der Waals surface area contributed by atoms with Crippen LogP contribution < -0.4 is 4.90 Å². The Hall–Kier alpha value is -2.82. The largest absolute Gasteiger partial charge is 0.477 e. The topological polar surface area (TPSA) is 77.8 Å². The lowest BCUT2D eigenvalue weighted by Crippen LogP contribution is -2.18. The van der Waals surface area contributed by atoms with Crippen LogP contribution in [-0.4, -0.2) is 29.2 Å². The maximum absolute atomic E-state index is 10.8. The molecule has 1 aromatic rings. The zero-order valence-corrected chi connectivity index (χ0v) is 10.8. The molecule has 0 saturated heterocycles. The number of carboxylic acids is 2. The summed E-state index contributed by atoms with van der Waals surface area (Å²) in [5.74, 6) is -2.92. The van der Waals surface area contributed by atoms with E-state index in [1.165, 1.54) is 6.08 Å². The van der Waals surface area contributed by atoms with Gasteiger partial charge in [-0.3, -0.25) is 0 Å². The molecule has 0 aliphatic carbocycles. The van der Waals surface area contributed by atoms with Gasteiger partial charge in [-0.2, -0.15) is 0 Å². The number of allylic oxidation sites excluding steroid dienone is 3. The van der Waals surface area contributed by atoms with Gasteiger partial charge in [-0.15, -0.1) is 0 Å². The number of fused-ring (bicyclic) bond motifs is 1. The molecule has 0 atom stereocenters. The zero-order valence-electron chi connectivity index (χ0n) is 10.8. The summed E-state index contributed by atoms with van der Waals surface area (Å²) in [5.41, 5.74) is 2.07. The lowest BCUT2D eigenvalue weighted by Gasteiger charge is -2.26. The maximum atomic E-state index is 10.8. The number of hydrogen-bond donors (Lipinski definition) is 2. The van der Waals surface area contributed by atoms with Crippen molar-refractivity contribution in [2.45, 2.75) is 0 Å². The van der Waals surface area contributed by atoms with E-state index < -0.39 is 17.5 Å². The summed E-state index contributed by atoms with van der Waals surface area (Å²) < 4.78 is 0. The van der Waals surface area contributed by atoms with Gasteiger partial charge in [-0.1, -0.05) is 24.3 Å². The highest BCUT2D eigenvalue weighted by atomic mass is 16.4. The highest BCUT2D eigenvalue weighted by molar-refractivity contribution is 6.12. The number of hydrogen-bond acceptors (Lipinski definition) is 3. The predicted octanol–water partition coefficient (Wildman–Crippen LogP) is 2.13. The van der Waals surface area contributed by atoms with Crippen LogP contribution in [0.1, 0.15) is 5.56 Å². The van der Waals surface area contributed by atoms with Crippen LogP contribution in [0.3, 0.4) is 0 Å². The molecule has 2 N–H and O–H groups in total. The highest BCUT2D eigenvalue weighted by Crippen LogP contribution is 2.29. The molecule has 1 aliphatic heterocycles. The number of carbonyl (C=O) groups is 2. The molecule has 0 aromatic heterocycles. The van der Waals surface area contributed by atoms with Crippen molar-refractivity contribution in [1.82, 2.24) is 0 Å². The summed E-state index contributed by atoms with van der Waals surface area (Å²) in [5, 5.41) is 17.6. The number of nitrogens with zero attached hydrogens (tertiary/aromatic N) is 1. The van der Waals surface area contributed by atoms with Gasteiger partial charge < -0.3 is 15.1 Å². The third-order valence-corrected chi connectivity index (χ3v) is 3.00. The first-order valence-electron chi connectivity index (χ1n) is 5.90. The Morgan fingerprint density at radius 2 is 1.75 bits per heavy atom. The maximum Gasteiger partial charge on any atom is 0.343 e. The van der Waals surface area contributed by atoms with Gasteiger partial charge in [-0.25, -0.2) is 9.59 Å². The van der Waals surface area contributed by atoms with Gasteiger partial charge in [0.1, 0.15) is 5.57 Å². The number of likely N-dealkylation sites (N-methyl/N-ethyl adjacent to an activating group) is 1. The van der Waals surface area contributed by atoms with Crippen molar-refractivity contribution in [2.24, 2.45) is 0 Å². The first-order chi connectivity index (χ1) is 9.50. The highest BCUT2D eigenvalue weighted by Gasteiger charge is 2.16. The van der Waals surface area contributed by atoms with Crippen LogP contribution in [0.2, 0.25) is 0 Å². The molecule has 0 amide bonds. The van der Waals surface area contributed by atoms with Gasteiger partial charge in [0.2, 0.25) is 0 Å². The molecule has 0 spiro atoms. The minimum absolute atomic E-state index is 0.668. The summed E-state index contributed by atoms with van der Waals surface area (Å²) in [6.45, 7) is 0. The van der Waals surface area contributed by atoms with Crippen LogP contribution in [0.5, 0.6) is 0 Å². The first kappa shape index (κ1) is 13.6. The van der Waals surface area contributed by atoms with Crippen molar-refractivity contribution in [3.8, 4) is 0 Å². The lowest BCUT2D eigenvalue weighted by molar-refractivity contribution is -0.140. The van der Waals surface area contributed by atoms with Gasteiger partial charge >= 0.3 is 11.9 Å². The molecule has 2 rings (SSSR count). The minimum Gasteiger partial charge on any atom is -0.477 e. The lowest BCUT2D eigenvalue weighted by atomic mass is 10.1. The Morgan fingerprint density at radius 1 is 1.10 bits per heavy atom. The second-order valence-corrected chi connectivity index (χ2v) is 4.23. The molecule has 1 heterocycles. The third-order valence-electron chi connectivity index (χ3n) is 3.00. The van der Waals surface area contributed by atoms with Gasteiger partial charge in [-0.05, 0) is 29.9 Å². The molecule has 5 heteroatoms. The third kappa shape index (κ3) is 2.61. The fourth-order valence-electron chi connectivity index (χ4n) is 1.93. The van der Waals surface area contributed by atoms with E-state index >= 15 is 0 Å². The van der Waals surface area contributed by atoms with Crippen LogP contribution in [0, 0.1) is 0 Å². The van der Waals surface area contributed by atoms with Gasteiger partial charge in [0.05, 0.1) is 0 Å². The number of anilines is 1. The number of aliphatic carboxylic acids is 2. The van der Waals surface area contributed by atoms with E-state index in [0.717, 1.165) is 17.3 Å². The van der Waals surface area contributed by atoms with Crippen molar-refractivity contribution < 1.29 is 19.8 Å². The van der Waals surface area contributed by atoms with Crippen molar-refractivity contribution in [3.63, 3.8) is 0 Å². The van der Waals surface area contributed by atoms with E-state index in [1.54, 1.807) is 6.08 Å². The van der Waals surface area contributed by atoms with Gasteiger partial charge in [0.15, 0.2) is 0 Å². The Bertz CT molecular complexity index is 640. The molecule has 20 heavy (non-hydrogen) atoms. The SMILES string of the molecule is CN1C(=CC=C(C(=O)O)C(=O)O)C=Cc2ccccc21.